The molecule has 0 aromatic carbocycles. The molecule has 19 heavy (non-hydrogen) atoms. The number of nitrogens with zero attached hydrogens (tertiary/aromatic N) is 2. The summed E-state index contributed by atoms with van der Waals surface area (Å²) in [6, 6.07) is 1.18. The molecular weight excluding hydrogens is 354 g/mol. The van der Waals surface area contributed by atoms with E-state index in [1.807, 2.05) is 0 Å². The third-order valence-corrected chi connectivity index (χ3v) is 6.53. The van der Waals surface area contributed by atoms with Gasteiger partial charge in [0.05, 0.1) is 8.68 Å². The number of rotatable bonds is 5. The van der Waals surface area contributed by atoms with Crippen LogP contribution < -0.4 is 5.73 Å². The van der Waals surface area contributed by atoms with Crippen LogP contribution in [0.4, 0.5) is 0 Å². The fourth-order valence-corrected chi connectivity index (χ4v) is 5.29. The molecule has 3 N–H and O–H groups in total. The molecule has 0 amide bonds. The lowest BCUT2D eigenvalue weighted by atomic mass is 10.2. The van der Waals surface area contributed by atoms with Gasteiger partial charge in [0, 0.05) is 24.4 Å². The number of oxime groups is 1. The minimum Gasteiger partial charge on any atom is -0.409 e. The minimum atomic E-state index is -3.58. The number of hydrogen-bond acceptors (Lipinski definition) is 5. The summed E-state index contributed by atoms with van der Waals surface area (Å²) in [4.78, 5) is 0.993. The summed E-state index contributed by atoms with van der Waals surface area (Å²) in [5.41, 5.74) is 5.40. The van der Waals surface area contributed by atoms with E-state index in [-0.39, 0.29) is 17.2 Å². The molecule has 1 rings (SSSR count). The zero-order valence-electron chi connectivity index (χ0n) is 10.8. The Balaban J connectivity index is 3.03. The fourth-order valence-electron chi connectivity index (χ4n) is 1.55. The normalized spacial score (nSPS) is 14.9. The standard InChI is InChI=1S/C10H16BrN3O3S2/c1-6(4-10(12)13-15)14(3)19(16,17)8-5-9(11)18-7(8)2/h5-6,15H,4H2,1-3H3,(H2,12,13). The van der Waals surface area contributed by atoms with Crippen LogP contribution in [0.2, 0.25) is 0 Å². The van der Waals surface area contributed by atoms with E-state index in [4.69, 9.17) is 10.9 Å². The van der Waals surface area contributed by atoms with Gasteiger partial charge in [0.1, 0.15) is 5.84 Å². The van der Waals surface area contributed by atoms with Crippen molar-refractivity contribution in [3.05, 3.63) is 14.7 Å². The predicted molar refractivity (Wildman–Crippen MR) is 79.2 cm³/mol. The summed E-state index contributed by atoms with van der Waals surface area (Å²) >= 11 is 4.64. The highest BCUT2D eigenvalue weighted by molar-refractivity contribution is 9.11. The maximum Gasteiger partial charge on any atom is 0.244 e. The largest absolute Gasteiger partial charge is 0.409 e. The van der Waals surface area contributed by atoms with Gasteiger partial charge in [-0.15, -0.1) is 11.3 Å². The van der Waals surface area contributed by atoms with E-state index in [0.717, 1.165) is 8.66 Å². The number of aryl methyl sites for hydroxylation is 1. The van der Waals surface area contributed by atoms with Crippen LogP contribution in [0.15, 0.2) is 19.9 Å². The van der Waals surface area contributed by atoms with Crippen molar-refractivity contribution in [1.29, 1.82) is 0 Å². The van der Waals surface area contributed by atoms with Crippen LogP contribution in [-0.2, 0) is 10.0 Å². The van der Waals surface area contributed by atoms with Gasteiger partial charge >= 0.3 is 0 Å². The van der Waals surface area contributed by atoms with E-state index < -0.39 is 16.1 Å². The Labute approximate surface area is 125 Å². The predicted octanol–water partition coefficient (Wildman–Crippen LogP) is 1.96. The monoisotopic (exact) mass is 369 g/mol. The molecule has 0 aliphatic heterocycles. The Bertz CT molecular complexity index is 583. The molecule has 0 saturated heterocycles. The molecule has 108 valence electrons. The molecule has 0 saturated carbocycles. The second-order valence-corrected chi connectivity index (χ2v) is 8.74. The number of hydrogen-bond donors (Lipinski definition) is 2. The van der Waals surface area contributed by atoms with Gasteiger partial charge < -0.3 is 10.9 Å². The van der Waals surface area contributed by atoms with Gasteiger partial charge in [-0.2, -0.15) is 4.31 Å². The summed E-state index contributed by atoms with van der Waals surface area (Å²) in [5.74, 6) is -0.00206. The van der Waals surface area contributed by atoms with Crippen molar-refractivity contribution in [2.24, 2.45) is 10.9 Å². The number of amidine groups is 1. The highest BCUT2D eigenvalue weighted by Gasteiger charge is 2.28. The summed E-state index contributed by atoms with van der Waals surface area (Å²) in [5, 5.41) is 11.4. The topological polar surface area (TPSA) is 96.0 Å². The minimum absolute atomic E-state index is 0.00206. The number of nitrogens with two attached hydrogens (primary N) is 1. The van der Waals surface area contributed by atoms with Gasteiger partial charge in [-0.3, -0.25) is 0 Å². The first kappa shape index (κ1) is 16.4. The number of sulfonamides is 1. The molecule has 1 unspecified atom stereocenters. The summed E-state index contributed by atoms with van der Waals surface area (Å²) in [6.07, 6.45) is 0.163. The lowest BCUT2D eigenvalue weighted by Crippen LogP contribution is -2.37. The van der Waals surface area contributed by atoms with Crippen LogP contribution in [0.25, 0.3) is 0 Å². The van der Waals surface area contributed by atoms with Crippen molar-refractivity contribution >= 4 is 43.1 Å². The molecule has 0 radical (unpaired) electrons. The average Bonchev–Trinajstić information content (AvgIpc) is 2.67. The first-order valence-corrected chi connectivity index (χ1v) is 8.45. The van der Waals surface area contributed by atoms with Gasteiger partial charge in [0.2, 0.25) is 10.0 Å². The maximum absolute atomic E-state index is 12.4. The molecule has 6 nitrogen and oxygen atoms in total. The highest BCUT2D eigenvalue weighted by atomic mass is 79.9. The molecule has 1 atom stereocenters. The molecule has 9 heteroatoms. The first-order valence-electron chi connectivity index (χ1n) is 5.40. The zero-order valence-corrected chi connectivity index (χ0v) is 14.0. The molecule has 0 aliphatic carbocycles. The first-order chi connectivity index (χ1) is 8.70. The molecular formula is C10H16BrN3O3S2. The SMILES string of the molecule is Cc1sc(Br)cc1S(=O)(=O)N(C)C(C)CC(N)=NO. The second kappa shape index (κ2) is 6.21. The number of halogens is 1. The van der Waals surface area contributed by atoms with E-state index in [0.29, 0.717) is 0 Å². The van der Waals surface area contributed by atoms with Crippen LogP contribution in [-0.4, -0.2) is 36.9 Å². The van der Waals surface area contributed by atoms with Crippen LogP contribution >= 0.6 is 27.3 Å². The van der Waals surface area contributed by atoms with E-state index in [2.05, 4.69) is 21.1 Å². The molecule has 0 aliphatic rings. The van der Waals surface area contributed by atoms with E-state index >= 15 is 0 Å². The third-order valence-electron chi connectivity index (χ3n) is 2.75. The lowest BCUT2D eigenvalue weighted by Gasteiger charge is -2.23. The van der Waals surface area contributed by atoms with Crippen LogP contribution in [0, 0.1) is 6.92 Å². The van der Waals surface area contributed by atoms with Crippen molar-refractivity contribution in [3.63, 3.8) is 0 Å². The summed E-state index contributed by atoms with van der Waals surface area (Å²) in [7, 11) is -2.10. The smallest absolute Gasteiger partial charge is 0.244 e. The van der Waals surface area contributed by atoms with Crippen LogP contribution in [0.1, 0.15) is 18.2 Å². The van der Waals surface area contributed by atoms with Gasteiger partial charge in [-0.1, -0.05) is 5.16 Å². The Morgan fingerprint density at radius 2 is 2.26 bits per heavy atom. The van der Waals surface area contributed by atoms with Crippen LogP contribution in [0.3, 0.4) is 0 Å². The molecule has 0 fully saturated rings. The fraction of sp³-hybridized carbons (Fsp3) is 0.500. The van der Waals surface area contributed by atoms with Gasteiger partial charge in [0.25, 0.3) is 0 Å². The second-order valence-electron chi connectivity index (χ2n) is 4.14. The zero-order chi connectivity index (χ0) is 14.8. The van der Waals surface area contributed by atoms with Gasteiger partial charge in [-0.05, 0) is 35.8 Å². The van der Waals surface area contributed by atoms with E-state index in [9.17, 15) is 8.42 Å². The Morgan fingerprint density at radius 3 is 2.68 bits per heavy atom. The van der Waals surface area contributed by atoms with E-state index in [1.165, 1.54) is 22.7 Å². The number of thiophene rings is 1. The van der Waals surface area contributed by atoms with Crippen molar-refractivity contribution in [2.45, 2.75) is 31.2 Å². The lowest BCUT2D eigenvalue weighted by molar-refractivity contribution is 0.313. The Hall–Kier alpha value is -0.640. The maximum atomic E-state index is 12.4. The van der Waals surface area contributed by atoms with Crippen molar-refractivity contribution in [1.82, 2.24) is 4.31 Å². The van der Waals surface area contributed by atoms with Gasteiger partial charge in [-0.25, -0.2) is 8.42 Å². The highest BCUT2D eigenvalue weighted by Crippen LogP contribution is 2.31. The third kappa shape index (κ3) is 3.68. The van der Waals surface area contributed by atoms with E-state index in [1.54, 1.807) is 19.9 Å². The molecule has 0 spiro atoms. The Kier molecular flexibility index (Phi) is 5.36. The quantitative estimate of drug-likeness (QED) is 0.358. The molecule has 0 bridgehead atoms. The molecule has 1 aromatic heterocycles. The van der Waals surface area contributed by atoms with Crippen LogP contribution in [0.5, 0.6) is 0 Å². The summed E-state index contributed by atoms with van der Waals surface area (Å²) < 4.78 is 26.9. The summed E-state index contributed by atoms with van der Waals surface area (Å²) in [6.45, 7) is 3.46. The molecule has 1 heterocycles. The van der Waals surface area contributed by atoms with Crippen molar-refractivity contribution < 1.29 is 13.6 Å². The Morgan fingerprint density at radius 1 is 1.68 bits per heavy atom. The average molecular weight is 370 g/mol. The van der Waals surface area contributed by atoms with Crippen molar-refractivity contribution in [3.8, 4) is 0 Å². The van der Waals surface area contributed by atoms with Gasteiger partial charge in [0.15, 0.2) is 0 Å². The van der Waals surface area contributed by atoms with Crippen molar-refractivity contribution in [2.75, 3.05) is 7.05 Å². The molecule has 1 aromatic rings.